The van der Waals surface area contributed by atoms with Gasteiger partial charge in [0.05, 0.1) is 18.8 Å². The number of piperidine rings is 1. The summed E-state index contributed by atoms with van der Waals surface area (Å²) in [5.41, 5.74) is -1.41. The molecule has 9 heteroatoms. The molecule has 0 amide bonds. The summed E-state index contributed by atoms with van der Waals surface area (Å²) in [4.78, 5) is 0. The molecule has 1 N–H and O–H groups in total. The fourth-order valence-corrected chi connectivity index (χ4v) is 5.65. The Kier molecular flexibility index (Phi) is 4.55. The van der Waals surface area contributed by atoms with Gasteiger partial charge < -0.3 is 9.47 Å². The van der Waals surface area contributed by atoms with Crippen LogP contribution in [0.25, 0.3) is 0 Å². The molecule has 1 saturated carbocycles. The Morgan fingerprint density at radius 1 is 1.00 bits per heavy atom. The minimum absolute atomic E-state index is 0.189. The van der Waals surface area contributed by atoms with Crippen LogP contribution in [0.5, 0.6) is 0 Å². The highest BCUT2D eigenvalue weighted by Crippen LogP contribution is 2.44. The van der Waals surface area contributed by atoms with Crippen molar-refractivity contribution in [2.24, 2.45) is 0 Å². The van der Waals surface area contributed by atoms with Crippen molar-refractivity contribution in [2.45, 2.75) is 43.4 Å². The zero-order valence-electron chi connectivity index (χ0n) is 14.3. The summed E-state index contributed by atoms with van der Waals surface area (Å²) >= 11 is 0. The average Bonchev–Trinajstić information content (AvgIpc) is 3.00. The molecule has 0 radical (unpaired) electrons. The van der Waals surface area contributed by atoms with Gasteiger partial charge >= 0.3 is 0 Å². The minimum atomic E-state index is -3.89. The molecule has 2 saturated heterocycles. The van der Waals surface area contributed by atoms with E-state index in [0.717, 1.165) is 12.1 Å². The van der Waals surface area contributed by atoms with Crippen LogP contribution in [0.15, 0.2) is 18.2 Å². The Morgan fingerprint density at radius 3 is 2.08 bits per heavy atom. The van der Waals surface area contributed by atoms with E-state index in [4.69, 9.17) is 9.47 Å². The number of rotatable bonds is 4. The summed E-state index contributed by atoms with van der Waals surface area (Å²) in [6.45, 7) is 1.51. The van der Waals surface area contributed by atoms with E-state index in [1.807, 2.05) is 0 Å². The molecule has 0 aromatic heterocycles. The molecule has 1 spiro atoms. The lowest BCUT2D eigenvalue weighted by atomic mass is 9.72. The van der Waals surface area contributed by atoms with Gasteiger partial charge in [-0.3, -0.25) is 0 Å². The van der Waals surface area contributed by atoms with Gasteiger partial charge in [0.2, 0.25) is 0 Å². The lowest BCUT2D eigenvalue weighted by Gasteiger charge is -2.45. The largest absolute Gasteiger partial charge is 0.347 e. The van der Waals surface area contributed by atoms with Gasteiger partial charge in [0.1, 0.15) is 11.6 Å². The maximum absolute atomic E-state index is 14.3. The van der Waals surface area contributed by atoms with Gasteiger partial charge in [-0.25, -0.2) is 8.78 Å². The molecular weight excluding hydrogens is 366 g/mol. The number of benzene rings is 1. The lowest BCUT2D eigenvalue weighted by molar-refractivity contribution is -0.179. The number of nitrogens with zero attached hydrogens (tertiary/aromatic N) is 1. The van der Waals surface area contributed by atoms with Crippen LogP contribution in [0.1, 0.15) is 37.7 Å². The highest BCUT2D eigenvalue weighted by Gasteiger charge is 2.48. The van der Waals surface area contributed by atoms with E-state index >= 15 is 0 Å². The SMILES string of the molecule is O=S(=O)(NC1(c2c(F)cccc2F)CCC1)N1CCC2(CC1)OCCO2. The molecule has 2 aliphatic heterocycles. The van der Waals surface area contributed by atoms with Crippen molar-refractivity contribution in [3.05, 3.63) is 35.4 Å². The van der Waals surface area contributed by atoms with Gasteiger partial charge in [-0.1, -0.05) is 6.07 Å². The number of hydrogen-bond donors (Lipinski definition) is 1. The van der Waals surface area contributed by atoms with Crippen molar-refractivity contribution in [1.82, 2.24) is 9.03 Å². The van der Waals surface area contributed by atoms with Crippen molar-refractivity contribution in [3.8, 4) is 0 Å². The summed E-state index contributed by atoms with van der Waals surface area (Å²) in [5, 5.41) is 0. The molecule has 0 atom stereocenters. The Balaban J connectivity index is 1.53. The van der Waals surface area contributed by atoms with Crippen LogP contribution >= 0.6 is 0 Å². The number of hydrogen-bond acceptors (Lipinski definition) is 4. The van der Waals surface area contributed by atoms with E-state index in [1.165, 1.54) is 10.4 Å². The second kappa shape index (κ2) is 6.49. The second-order valence-electron chi connectivity index (χ2n) is 7.15. The van der Waals surface area contributed by atoms with Crippen LogP contribution in [0.3, 0.4) is 0 Å². The number of nitrogens with one attached hydrogen (secondary N) is 1. The molecule has 26 heavy (non-hydrogen) atoms. The van der Waals surface area contributed by atoms with Gasteiger partial charge in [-0.05, 0) is 31.4 Å². The maximum atomic E-state index is 14.3. The van der Waals surface area contributed by atoms with Crippen LogP contribution in [0, 0.1) is 11.6 Å². The Hall–Kier alpha value is -1.13. The summed E-state index contributed by atoms with van der Waals surface area (Å²) in [6, 6.07) is 3.60. The molecule has 0 bridgehead atoms. The third kappa shape index (κ3) is 3.05. The van der Waals surface area contributed by atoms with Crippen molar-refractivity contribution in [2.75, 3.05) is 26.3 Å². The molecule has 4 rings (SSSR count). The summed E-state index contributed by atoms with van der Waals surface area (Å²) in [7, 11) is -3.89. The van der Waals surface area contributed by atoms with Crippen LogP contribution in [0.2, 0.25) is 0 Å². The first kappa shape index (κ1) is 18.2. The van der Waals surface area contributed by atoms with Crippen molar-refractivity contribution >= 4 is 10.2 Å². The fraction of sp³-hybridized carbons (Fsp3) is 0.647. The first-order valence-electron chi connectivity index (χ1n) is 8.87. The second-order valence-corrected chi connectivity index (χ2v) is 8.82. The van der Waals surface area contributed by atoms with Crippen LogP contribution in [-0.2, 0) is 25.2 Å². The van der Waals surface area contributed by atoms with Crippen molar-refractivity contribution < 1.29 is 26.7 Å². The van der Waals surface area contributed by atoms with E-state index in [-0.39, 0.29) is 18.7 Å². The maximum Gasteiger partial charge on any atom is 0.280 e. The van der Waals surface area contributed by atoms with Crippen molar-refractivity contribution in [1.29, 1.82) is 0 Å². The van der Waals surface area contributed by atoms with Crippen LogP contribution in [-0.4, -0.2) is 44.8 Å². The zero-order valence-corrected chi connectivity index (χ0v) is 15.2. The quantitative estimate of drug-likeness (QED) is 0.857. The van der Waals surface area contributed by atoms with Gasteiger partial charge in [0.25, 0.3) is 10.2 Å². The molecule has 3 aliphatic rings. The van der Waals surface area contributed by atoms with E-state index < -0.39 is 33.2 Å². The van der Waals surface area contributed by atoms with Gasteiger partial charge in [0, 0.05) is 31.5 Å². The lowest BCUT2D eigenvalue weighted by Crippen LogP contribution is -2.58. The minimum Gasteiger partial charge on any atom is -0.347 e. The fourth-order valence-electron chi connectivity index (χ4n) is 4.05. The van der Waals surface area contributed by atoms with E-state index in [1.54, 1.807) is 0 Å². The Bertz CT molecular complexity index is 762. The molecule has 2 heterocycles. The number of halogens is 2. The summed E-state index contributed by atoms with van der Waals surface area (Å²) in [6.07, 6.45) is 2.33. The third-order valence-corrected chi connectivity index (χ3v) is 7.30. The van der Waals surface area contributed by atoms with Crippen LogP contribution < -0.4 is 4.72 Å². The Labute approximate surface area is 151 Å². The van der Waals surface area contributed by atoms with Crippen LogP contribution in [0.4, 0.5) is 8.78 Å². The summed E-state index contributed by atoms with van der Waals surface area (Å²) in [5.74, 6) is -2.13. The monoisotopic (exact) mass is 388 g/mol. The first-order valence-corrected chi connectivity index (χ1v) is 10.3. The molecule has 1 aliphatic carbocycles. The van der Waals surface area contributed by atoms with Gasteiger partial charge in [0.15, 0.2) is 5.79 Å². The highest BCUT2D eigenvalue weighted by atomic mass is 32.2. The highest BCUT2D eigenvalue weighted by molar-refractivity contribution is 7.87. The topological polar surface area (TPSA) is 67.9 Å². The van der Waals surface area contributed by atoms with E-state index in [9.17, 15) is 17.2 Å². The normalized spacial score (nSPS) is 25.3. The standard InChI is InChI=1S/C17H22F2N2O4S/c18-13-3-1-4-14(19)15(13)16(5-2-6-16)20-26(22,23)21-9-7-17(8-10-21)24-11-12-25-17/h1,3-4,20H,2,5-12H2. The molecular formula is C17H22F2N2O4S. The first-order chi connectivity index (χ1) is 12.4. The van der Waals surface area contributed by atoms with Crippen molar-refractivity contribution in [3.63, 3.8) is 0 Å². The zero-order chi connectivity index (χ0) is 18.4. The van der Waals surface area contributed by atoms with Gasteiger partial charge in [-0.15, -0.1) is 0 Å². The number of ether oxygens (including phenoxy) is 2. The Morgan fingerprint density at radius 2 is 1.58 bits per heavy atom. The van der Waals surface area contributed by atoms with E-state index in [0.29, 0.717) is 45.3 Å². The smallest absolute Gasteiger partial charge is 0.280 e. The summed E-state index contributed by atoms with van der Waals surface area (Å²) < 4.78 is 69.4. The molecule has 1 aromatic rings. The van der Waals surface area contributed by atoms with E-state index in [2.05, 4.69) is 4.72 Å². The predicted molar refractivity (Wildman–Crippen MR) is 89.4 cm³/mol. The molecule has 6 nitrogen and oxygen atoms in total. The molecule has 0 unspecified atom stereocenters. The molecule has 144 valence electrons. The molecule has 1 aromatic carbocycles. The average molecular weight is 388 g/mol. The predicted octanol–water partition coefficient (Wildman–Crippen LogP) is 2.02. The molecule has 3 fully saturated rings. The third-order valence-electron chi connectivity index (χ3n) is 5.61. The van der Waals surface area contributed by atoms with Gasteiger partial charge in [-0.2, -0.15) is 17.4 Å².